The highest BCUT2D eigenvalue weighted by Gasteiger charge is 2.30. The molecule has 5 nitrogen and oxygen atoms in total. The summed E-state index contributed by atoms with van der Waals surface area (Å²) in [6.07, 6.45) is 1.10. The number of hydrogen-bond acceptors (Lipinski definition) is 3. The molecule has 22 heavy (non-hydrogen) atoms. The molecule has 1 N–H and O–H groups in total. The van der Waals surface area contributed by atoms with E-state index in [0.717, 1.165) is 6.54 Å². The molecule has 1 heterocycles. The lowest BCUT2D eigenvalue weighted by atomic mass is 9.96. The van der Waals surface area contributed by atoms with Crippen LogP contribution in [0.3, 0.4) is 0 Å². The fourth-order valence-electron chi connectivity index (χ4n) is 2.81. The van der Waals surface area contributed by atoms with Crippen molar-refractivity contribution in [3.05, 3.63) is 35.9 Å². The number of carbonyl (C=O) groups excluding carboxylic acids is 1. The van der Waals surface area contributed by atoms with E-state index >= 15 is 0 Å². The predicted molar refractivity (Wildman–Crippen MR) is 84.3 cm³/mol. The summed E-state index contributed by atoms with van der Waals surface area (Å²) in [7, 11) is 1.94. The molecule has 0 saturated carbocycles. The Hall–Kier alpha value is -1.88. The summed E-state index contributed by atoms with van der Waals surface area (Å²) in [5, 5.41) is 9.01. The van der Waals surface area contributed by atoms with Crippen LogP contribution >= 0.6 is 0 Å². The number of hydrogen-bond donors (Lipinski definition) is 1. The Kier molecular flexibility index (Phi) is 5.55. The van der Waals surface area contributed by atoms with E-state index in [4.69, 9.17) is 5.11 Å². The van der Waals surface area contributed by atoms with Crippen molar-refractivity contribution in [3.63, 3.8) is 0 Å². The minimum Gasteiger partial charge on any atom is -0.481 e. The topological polar surface area (TPSA) is 60.9 Å². The first-order valence-electron chi connectivity index (χ1n) is 7.74. The number of piperidine rings is 1. The quantitative estimate of drug-likeness (QED) is 0.901. The Balaban J connectivity index is 1.88. The molecule has 1 fully saturated rings. The minimum atomic E-state index is -0.749. The van der Waals surface area contributed by atoms with E-state index in [-0.39, 0.29) is 17.9 Å². The lowest BCUT2D eigenvalue weighted by Crippen LogP contribution is -2.48. The normalized spacial score (nSPS) is 17.5. The summed E-state index contributed by atoms with van der Waals surface area (Å²) >= 11 is 0. The highest BCUT2D eigenvalue weighted by molar-refractivity contribution is 5.82. The Morgan fingerprint density at radius 3 is 2.41 bits per heavy atom. The maximum absolute atomic E-state index is 12.5. The zero-order valence-electron chi connectivity index (χ0n) is 13.2. The van der Waals surface area contributed by atoms with E-state index in [2.05, 4.69) is 0 Å². The second kappa shape index (κ2) is 7.40. The van der Waals surface area contributed by atoms with Crippen LogP contribution in [0.4, 0.5) is 0 Å². The molecule has 1 atom stereocenters. The molecule has 2 rings (SSSR count). The van der Waals surface area contributed by atoms with E-state index in [1.54, 1.807) is 4.90 Å². The number of amides is 1. The molecule has 1 aliphatic heterocycles. The van der Waals surface area contributed by atoms with Gasteiger partial charge in [-0.3, -0.25) is 14.5 Å². The first kappa shape index (κ1) is 16.5. The van der Waals surface area contributed by atoms with E-state index in [1.165, 1.54) is 5.56 Å². The summed E-state index contributed by atoms with van der Waals surface area (Å²) in [4.78, 5) is 27.3. The van der Waals surface area contributed by atoms with Gasteiger partial charge in [-0.05, 0) is 32.4 Å². The highest BCUT2D eigenvalue weighted by atomic mass is 16.4. The molecule has 0 radical (unpaired) electrons. The van der Waals surface area contributed by atoms with E-state index in [0.29, 0.717) is 25.9 Å². The fourth-order valence-corrected chi connectivity index (χ4v) is 2.81. The second-order valence-electron chi connectivity index (χ2n) is 6.01. The van der Waals surface area contributed by atoms with Crippen LogP contribution in [0.15, 0.2) is 30.3 Å². The van der Waals surface area contributed by atoms with Gasteiger partial charge in [0.05, 0.1) is 12.0 Å². The maximum atomic E-state index is 12.5. The molecule has 0 spiro atoms. The van der Waals surface area contributed by atoms with Gasteiger partial charge < -0.3 is 10.0 Å². The fraction of sp³-hybridized carbons (Fsp3) is 0.529. The largest absolute Gasteiger partial charge is 0.481 e. The summed E-state index contributed by atoms with van der Waals surface area (Å²) in [6, 6.07) is 9.85. The number of carboxylic acid groups (broad SMARTS) is 1. The van der Waals surface area contributed by atoms with Gasteiger partial charge in [-0.15, -0.1) is 0 Å². The zero-order valence-corrected chi connectivity index (χ0v) is 13.2. The second-order valence-corrected chi connectivity index (χ2v) is 6.01. The van der Waals surface area contributed by atoms with Gasteiger partial charge in [0.15, 0.2) is 0 Å². The minimum absolute atomic E-state index is 0.0854. The van der Waals surface area contributed by atoms with Crippen LogP contribution in [0.2, 0.25) is 0 Å². The SMILES string of the molecule is CC(C(=O)N1CCC(C(=O)O)CC1)N(C)Cc1ccccc1. The average molecular weight is 304 g/mol. The number of carboxylic acids is 1. The van der Waals surface area contributed by atoms with Crippen LogP contribution < -0.4 is 0 Å². The van der Waals surface area contributed by atoms with Crippen LogP contribution in [0.1, 0.15) is 25.3 Å². The maximum Gasteiger partial charge on any atom is 0.306 e. The molecule has 1 aromatic rings. The molecule has 1 saturated heterocycles. The molecule has 120 valence electrons. The highest BCUT2D eigenvalue weighted by Crippen LogP contribution is 2.19. The van der Waals surface area contributed by atoms with Crippen molar-refractivity contribution in [2.45, 2.75) is 32.4 Å². The summed E-state index contributed by atoms with van der Waals surface area (Å²) < 4.78 is 0. The molecule has 0 aromatic heterocycles. The molecule has 1 aromatic carbocycles. The Labute approximate surface area is 131 Å². The Morgan fingerprint density at radius 1 is 1.27 bits per heavy atom. The average Bonchev–Trinajstić information content (AvgIpc) is 2.54. The van der Waals surface area contributed by atoms with Crippen molar-refractivity contribution in [3.8, 4) is 0 Å². The van der Waals surface area contributed by atoms with Gasteiger partial charge in [-0.2, -0.15) is 0 Å². The van der Waals surface area contributed by atoms with Gasteiger partial charge >= 0.3 is 5.97 Å². The third kappa shape index (κ3) is 4.07. The first-order valence-corrected chi connectivity index (χ1v) is 7.74. The number of likely N-dealkylation sites (tertiary alicyclic amines) is 1. The van der Waals surface area contributed by atoms with E-state index < -0.39 is 5.97 Å². The zero-order chi connectivity index (χ0) is 16.1. The predicted octanol–water partition coefficient (Wildman–Crippen LogP) is 1.83. The number of aliphatic carboxylic acids is 1. The number of carbonyl (C=O) groups is 2. The molecule has 0 bridgehead atoms. The lowest BCUT2D eigenvalue weighted by Gasteiger charge is -2.34. The van der Waals surface area contributed by atoms with E-state index in [9.17, 15) is 9.59 Å². The van der Waals surface area contributed by atoms with Crippen LogP contribution in [0.25, 0.3) is 0 Å². The summed E-state index contributed by atoms with van der Waals surface area (Å²) in [5.74, 6) is -0.968. The third-order valence-electron chi connectivity index (χ3n) is 4.45. The molecular formula is C17H24N2O3. The van der Waals surface area contributed by atoms with Crippen molar-refractivity contribution in [2.24, 2.45) is 5.92 Å². The summed E-state index contributed by atoms with van der Waals surface area (Å²) in [6.45, 7) is 3.71. The third-order valence-corrected chi connectivity index (χ3v) is 4.45. The lowest BCUT2D eigenvalue weighted by molar-refractivity contribution is -0.146. The van der Waals surface area contributed by atoms with Crippen molar-refractivity contribution < 1.29 is 14.7 Å². The van der Waals surface area contributed by atoms with Crippen molar-refractivity contribution in [1.82, 2.24) is 9.80 Å². The standard InChI is InChI=1S/C17H24N2O3/c1-13(18(2)12-14-6-4-3-5-7-14)16(20)19-10-8-15(9-11-19)17(21)22/h3-7,13,15H,8-12H2,1-2H3,(H,21,22). The Bertz CT molecular complexity index is 510. The smallest absolute Gasteiger partial charge is 0.306 e. The molecule has 1 aliphatic rings. The van der Waals surface area contributed by atoms with Crippen LogP contribution in [0.5, 0.6) is 0 Å². The molecular weight excluding hydrogens is 280 g/mol. The number of likely N-dealkylation sites (N-methyl/N-ethyl adjacent to an activating group) is 1. The number of nitrogens with zero attached hydrogens (tertiary/aromatic N) is 2. The van der Waals surface area contributed by atoms with Gasteiger partial charge in [0.25, 0.3) is 0 Å². The van der Waals surface area contributed by atoms with Crippen LogP contribution in [-0.2, 0) is 16.1 Å². The van der Waals surface area contributed by atoms with Gasteiger partial charge in [0.2, 0.25) is 5.91 Å². The van der Waals surface area contributed by atoms with Crippen LogP contribution in [0, 0.1) is 5.92 Å². The number of benzene rings is 1. The number of rotatable bonds is 5. The monoisotopic (exact) mass is 304 g/mol. The molecule has 5 heteroatoms. The van der Waals surface area contributed by atoms with Crippen molar-refractivity contribution >= 4 is 11.9 Å². The molecule has 1 unspecified atom stereocenters. The van der Waals surface area contributed by atoms with Gasteiger partial charge in [-0.25, -0.2) is 0 Å². The van der Waals surface area contributed by atoms with Gasteiger partial charge in [0, 0.05) is 19.6 Å². The van der Waals surface area contributed by atoms with E-state index in [1.807, 2.05) is 49.2 Å². The molecule has 0 aliphatic carbocycles. The van der Waals surface area contributed by atoms with Crippen molar-refractivity contribution in [1.29, 1.82) is 0 Å². The summed E-state index contributed by atoms with van der Waals surface area (Å²) in [5.41, 5.74) is 1.18. The van der Waals surface area contributed by atoms with Gasteiger partial charge in [0.1, 0.15) is 0 Å². The molecule has 1 amide bonds. The first-order chi connectivity index (χ1) is 10.5. The van der Waals surface area contributed by atoms with Gasteiger partial charge in [-0.1, -0.05) is 30.3 Å². The van der Waals surface area contributed by atoms with Crippen molar-refractivity contribution in [2.75, 3.05) is 20.1 Å². The van der Waals surface area contributed by atoms with Crippen LogP contribution in [-0.4, -0.2) is 53.0 Å². The Morgan fingerprint density at radius 2 is 1.86 bits per heavy atom.